The molecule has 1 aliphatic rings. The van der Waals surface area contributed by atoms with E-state index in [4.69, 9.17) is 14.2 Å². The Labute approximate surface area is 171 Å². The molecule has 1 aromatic carbocycles. The van der Waals surface area contributed by atoms with Crippen LogP contribution in [-0.4, -0.2) is 49.8 Å². The topological polar surface area (TPSA) is 47.9 Å². The largest absolute Gasteiger partial charge is 0.388 e. The summed E-state index contributed by atoms with van der Waals surface area (Å²) < 4.78 is 17.5. The number of aliphatic hydroxyl groups excluding tert-OH is 1. The second kappa shape index (κ2) is 14.1. The van der Waals surface area contributed by atoms with Crippen LogP contribution < -0.4 is 0 Å². The minimum absolute atomic E-state index is 0.134. The molecule has 4 atom stereocenters. The molecule has 1 heterocycles. The van der Waals surface area contributed by atoms with Gasteiger partial charge in [0.15, 0.2) is 0 Å². The molecule has 1 saturated heterocycles. The highest BCUT2D eigenvalue weighted by molar-refractivity contribution is 5.14. The summed E-state index contributed by atoms with van der Waals surface area (Å²) in [7, 11) is 1.66. The summed E-state index contributed by atoms with van der Waals surface area (Å²) in [5.74, 6) is 0. The normalized spacial score (nSPS) is 25.1. The zero-order valence-corrected chi connectivity index (χ0v) is 17.9. The van der Waals surface area contributed by atoms with Crippen LogP contribution in [0.2, 0.25) is 0 Å². The monoisotopic (exact) mass is 392 g/mol. The van der Waals surface area contributed by atoms with E-state index >= 15 is 0 Å². The maximum absolute atomic E-state index is 10.7. The molecule has 4 nitrogen and oxygen atoms in total. The summed E-state index contributed by atoms with van der Waals surface area (Å²) in [5.41, 5.74) is 1.32. The van der Waals surface area contributed by atoms with Crippen molar-refractivity contribution in [2.75, 3.05) is 20.3 Å². The fourth-order valence-corrected chi connectivity index (χ4v) is 3.99. The molecule has 0 unspecified atom stereocenters. The number of benzene rings is 1. The number of aryl methyl sites for hydroxylation is 1. The van der Waals surface area contributed by atoms with Gasteiger partial charge in [-0.25, -0.2) is 0 Å². The zero-order valence-electron chi connectivity index (χ0n) is 17.9. The first-order valence-corrected chi connectivity index (χ1v) is 11.2. The Hall–Kier alpha value is -0.940. The van der Waals surface area contributed by atoms with E-state index < -0.39 is 6.10 Å². The molecule has 0 bridgehead atoms. The quantitative estimate of drug-likeness (QED) is 0.457. The predicted molar refractivity (Wildman–Crippen MR) is 114 cm³/mol. The molecule has 0 amide bonds. The van der Waals surface area contributed by atoms with Gasteiger partial charge in [-0.15, -0.1) is 0 Å². The van der Waals surface area contributed by atoms with Crippen molar-refractivity contribution in [3.05, 3.63) is 35.9 Å². The van der Waals surface area contributed by atoms with Gasteiger partial charge in [-0.3, -0.25) is 0 Å². The molecule has 1 aromatic rings. The van der Waals surface area contributed by atoms with Crippen molar-refractivity contribution < 1.29 is 19.3 Å². The van der Waals surface area contributed by atoms with Crippen LogP contribution in [0, 0.1) is 0 Å². The van der Waals surface area contributed by atoms with E-state index in [2.05, 4.69) is 31.2 Å². The SMILES string of the molecule is CCCCCCCCC[C@@H]1OC[C@@H](OCCCc2ccccc2)[C@H](OC)[C@@H]1O. The second-order valence-electron chi connectivity index (χ2n) is 7.97. The highest BCUT2D eigenvalue weighted by atomic mass is 16.6. The molecule has 1 N–H and O–H groups in total. The zero-order chi connectivity index (χ0) is 20.0. The molecule has 0 radical (unpaired) electrons. The molecule has 0 aromatic heterocycles. The summed E-state index contributed by atoms with van der Waals surface area (Å²) in [6.45, 7) is 3.40. The second-order valence-corrected chi connectivity index (χ2v) is 7.97. The Bertz CT molecular complexity index is 493. The average molecular weight is 393 g/mol. The van der Waals surface area contributed by atoms with Crippen LogP contribution >= 0.6 is 0 Å². The van der Waals surface area contributed by atoms with Gasteiger partial charge < -0.3 is 19.3 Å². The molecule has 4 heteroatoms. The van der Waals surface area contributed by atoms with Gasteiger partial charge in [0.1, 0.15) is 18.3 Å². The smallest absolute Gasteiger partial charge is 0.114 e. The summed E-state index contributed by atoms with van der Waals surface area (Å²) in [6.07, 6.45) is 10.5. The van der Waals surface area contributed by atoms with Gasteiger partial charge in [0, 0.05) is 13.7 Å². The summed E-state index contributed by atoms with van der Waals surface area (Å²) in [5, 5.41) is 10.7. The minimum atomic E-state index is -0.613. The standard InChI is InChI=1S/C24H40O4/c1-3-4-5-6-7-8-12-17-21-23(25)24(26-2)22(19-28-21)27-18-13-16-20-14-10-9-11-15-20/h9-11,14-15,21-25H,3-8,12-13,16-19H2,1-2H3/t21-,22+,23+,24-/m0/s1. The van der Waals surface area contributed by atoms with Crippen molar-refractivity contribution in [2.45, 2.75) is 95.5 Å². The maximum Gasteiger partial charge on any atom is 0.114 e. The van der Waals surface area contributed by atoms with Gasteiger partial charge in [-0.1, -0.05) is 82.2 Å². The first kappa shape index (κ1) is 23.3. The van der Waals surface area contributed by atoms with E-state index in [0.29, 0.717) is 13.2 Å². The minimum Gasteiger partial charge on any atom is -0.388 e. The molecular weight excluding hydrogens is 352 g/mol. The first-order chi connectivity index (χ1) is 13.8. The summed E-state index contributed by atoms with van der Waals surface area (Å²) in [6, 6.07) is 10.4. The Morgan fingerprint density at radius 1 is 1.00 bits per heavy atom. The predicted octanol–water partition coefficient (Wildman–Crippen LogP) is 4.92. The Morgan fingerprint density at radius 2 is 1.71 bits per heavy atom. The van der Waals surface area contributed by atoms with Crippen LogP contribution in [0.25, 0.3) is 0 Å². The fraction of sp³-hybridized carbons (Fsp3) is 0.750. The molecule has 0 spiro atoms. The number of hydrogen-bond donors (Lipinski definition) is 1. The van der Waals surface area contributed by atoms with Crippen LogP contribution in [0.4, 0.5) is 0 Å². The Balaban J connectivity index is 1.63. The first-order valence-electron chi connectivity index (χ1n) is 11.2. The van der Waals surface area contributed by atoms with Crippen LogP contribution in [0.1, 0.15) is 70.3 Å². The lowest BCUT2D eigenvalue weighted by Gasteiger charge is -2.39. The third kappa shape index (κ3) is 8.20. The van der Waals surface area contributed by atoms with Crippen LogP contribution in [0.5, 0.6) is 0 Å². The van der Waals surface area contributed by atoms with E-state index in [1.807, 2.05) is 6.07 Å². The average Bonchev–Trinajstić information content (AvgIpc) is 2.72. The van der Waals surface area contributed by atoms with Crippen molar-refractivity contribution in [3.8, 4) is 0 Å². The molecule has 0 aliphatic carbocycles. The number of rotatable bonds is 14. The van der Waals surface area contributed by atoms with Gasteiger partial charge >= 0.3 is 0 Å². The molecule has 28 heavy (non-hydrogen) atoms. The lowest BCUT2D eigenvalue weighted by molar-refractivity contribution is -0.211. The number of aliphatic hydroxyl groups is 1. The maximum atomic E-state index is 10.7. The Kier molecular flexibility index (Phi) is 11.8. The van der Waals surface area contributed by atoms with Crippen molar-refractivity contribution in [1.82, 2.24) is 0 Å². The molecule has 1 fully saturated rings. The number of ether oxygens (including phenoxy) is 3. The highest BCUT2D eigenvalue weighted by Gasteiger charge is 2.39. The van der Waals surface area contributed by atoms with E-state index in [9.17, 15) is 5.11 Å². The molecule has 1 aliphatic heterocycles. The molecule has 0 saturated carbocycles. The van der Waals surface area contributed by atoms with E-state index in [-0.39, 0.29) is 18.3 Å². The van der Waals surface area contributed by atoms with Gasteiger partial charge in [-0.05, 0) is 24.8 Å². The lowest BCUT2D eigenvalue weighted by Crippen LogP contribution is -2.54. The van der Waals surface area contributed by atoms with Crippen molar-refractivity contribution in [3.63, 3.8) is 0 Å². The lowest BCUT2D eigenvalue weighted by atomic mass is 9.95. The van der Waals surface area contributed by atoms with E-state index in [1.54, 1.807) is 7.11 Å². The third-order valence-electron chi connectivity index (χ3n) is 5.71. The van der Waals surface area contributed by atoms with Crippen molar-refractivity contribution >= 4 is 0 Å². The Morgan fingerprint density at radius 3 is 2.43 bits per heavy atom. The van der Waals surface area contributed by atoms with Gasteiger partial charge in [-0.2, -0.15) is 0 Å². The van der Waals surface area contributed by atoms with Gasteiger partial charge in [0.25, 0.3) is 0 Å². The highest BCUT2D eigenvalue weighted by Crippen LogP contribution is 2.24. The van der Waals surface area contributed by atoms with E-state index in [0.717, 1.165) is 25.7 Å². The van der Waals surface area contributed by atoms with Gasteiger partial charge in [0.05, 0.1) is 12.7 Å². The van der Waals surface area contributed by atoms with Crippen LogP contribution in [0.3, 0.4) is 0 Å². The fourth-order valence-electron chi connectivity index (χ4n) is 3.99. The summed E-state index contributed by atoms with van der Waals surface area (Å²) in [4.78, 5) is 0. The third-order valence-corrected chi connectivity index (χ3v) is 5.71. The van der Waals surface area contributed by atoms with E-state index in [1.165, 1.54) is 44.1 Å². The number of methoxy groups -OCH3 is 1. The van der Waals surface area contributed by atoms with Crippen LogP contribution in [-0.2, 0) is 20.6 Å². The number of hydrogen-bond acceptors (Lipinski definition) is 4. The van der Waals surface area contributed by atoms with Gasteiger partial charge in [0.2, 0.25) is 0 Å². The molecule has 2 rings (SSSR count). The number of unbranched alkanes of at least 4 members (excludes halogenated alkanes) is 6. The van der Waals surface area contributed by atoms with Crippen molar-refractivity contribution in [2.24, 2.45) is 0 Å². The van der Waals surface area contributed by atoms with Crippen LogP contribution in [0.15, 0.2) is 30.3 Å². The summed E-state index contributed by atoms with van der Waals surface area (Å²) >= 11 is 0. The molecular formula is C24H40O4. The molecule has 160 valence electrons. The van der Waals surface area contributed by atoms with Crippen molar-refractivity contribution in [1.29, 1.82) is 0 Å².